The lowest BCUT2D eigenvalue weighted by Gasteiger charge is -2.07. The number of hydrogen-bond donors (Lipinski definition) is 1. The van der Waals surface area contributed by atoms with E-state index in [0.717, 1.165) is 18.5 Å². The minimum atomic E-state index is -0.0283. The standard InChI is InChI=1S/C14H19N3O2S/c1-11-13(20-10-16-11)5-8-19-7-2-6-17-9-12(15)3-4-14(17)18/h3-4,9-10H,2,5-8,15H2,1H3. The third-order valence-electron chi connectivity index (χ3n) is 3.01. The molecule has 0 aromatic carbocycles. The van der Waals surface area contributed by atoms with Crippen molar-refractivity contribution in [2.75, 3.05) is 18.9 Å². The molecule has 5 nitrogen and oxygen atoms in total. The van der Waals surface area contributed by atoms with Gasteiger partial charge in [-0.2, -0.15) is 0 Å². The highest BCUT2D eigenvalue weighted by atomic mass is 32.1. The molecule has 0 aliphatic rings. The predicted molar refractivity (Wildman–Crippen MR) is 81.1 cm³/mol. The number of nitrogen functional groups attached to an aromatic ring is 1. The van der Waals surface area contributed by atoms with Gasteiger partial charge in [0.1, 0.15) is 0 Å². The third kappa shape index (κ3) is 4.18. The van der Waals surface area contributed by atoms with E-state index in [2.05, 4.69) is 4.98 Å². The molecule has 2 aromatic rings. The van der Waals surface area contributed by atoms with Gasteiger partial charge in [-0.15, -0.1) is 11.3 Å². The van der Waals surface area contributed by atoms with Crippen LogP contribution < -0.4 is 11.3 Å². The van der Waals surface area contributed by atoms with Gasteiger partial charge in [0.05, 0.1) is 17.8 Å². The maximum absolute atomic E-state index is 11.5. The number of nitrogens with zero attached hydrogens (tertiary/aromatic N) is 2. The summed E-state index contributed by atoms with van der Waals surface area (Å²) in [5, 5.41) is 0. The monoisotopic (exact) mass is 293 g/mol. The van der Waals surface area contributed by atoms with Gasteiger partial charge in [0, 0.05) is 42.4 Å². The average molecular weight is 293 g/mol. The Morgan fingerprint density at radius 2 is 2.25 bits per heavy atom. The number of aromatic nitrogens is 2. The van der Waals surface area contributed by atoms with E-state index >= 15 is 0 Å². The largest absolute Gasteiger partial charge is 0.398 e. The van der Waals surface area contributed by atoms with Crippen LogP contribution in [-0.2, 0) is 17.7 Å². The molecule has 0 amide bonds. The molecule has 20 heavy (non-hydrogen) atoms. The molecule has 2 aromatic heterocycles. The lowest BCUT2D eigenvalue weighted by Crippen LogP contribution is -2.19. The second-order valence-corrected chi connectivity index (χ2v) is 5.51. The SMILES string of the molecule is Cc1ncsc1CCOCCCn1cc(N)ccc1=O. The zero-order valence-corrected chi connectivity index (χ0v) is 12.4. The second kappa shape index (κ2) is 7.21. The lowest BCUT2D eigenvalue weighted by molar-refractivity contribution is 0.132. The molecule has 0 fully saturated rings. The molecule has 0 aliphatic heterocycles. The summed E-state index contributed by atoms with van der Waals surface area (Å²) in [5.74, 6) is 0. The van der Waals surface area contributed by atoms with Gasteiger partial charge in [-0.3, -0.25) is 4.79 Å². The van der Waals surface area contributed by atoms with Crippen molar-refractivity contribution in [3.05, 3.63) is 44.8 Å². The van der Waals surface area contributed by atoms with Crippen LogP contribution in [0, 0.1) is 6.92 Å². The highest BCUT2D eigenvalue weighted by molar-refractivity contribution is 7.09. The Labute approximate surface area is 122 Å². The Bertz CT molecular complexity index is 606. The van der Waals surface area contributed by atoms with Crippen molar-refractivity contribution in [1.29, 1.82) is 0 Å². The van der Waals surface area contributed by atoms with E-state index in [1.807, 2.05) is 12.4 Å². The van der Waals surface area contributed by atoms with Gasteiger partial charge in [-0.25, -0.2) is 4.98 Å². The first kappa shape index (κ1) is 14.7. The van der Waals surface area contributed by atoms with Crippen molar-refractivity contribution in [3.63, 3.8) is 0 Å². The Hall–Kier alpha value is -1.66. The zero-order valence-electron chi connectivity index (χ0n) is 11.5. The summed E-state index contributed by atoms with van der Waals surface area (Å²) in [6.07, 6.45) is 3.36. The summed E-state index contributed by atoms with van der Waals surface area (Å²) in [6, 6.07) is 3.11. The van der Waals surface area contributed by atoms with Crippen molar-refractivity contribution in [2.24, 2.45) is 0 Å². The molecule has 0 unspecified atom stereocenters. The van der Waals surface area contributed by atoms with Crippen LogP contribution in [-0.4, -0.2) is 22.8 Å². The molecule has 0 radical (unpaired) electrons. The van der Waals surface area contributed by atoms with Gasteiger partial charge in [-0.05, 0) is 19.4 Å². The van der Waals surface area contributed by atoms with Crippen molar-refractivity contribution in [2.45, 2.75) is 26.3 Å². The molecule has 0 saturated carbocycles. The molecule has 2 heterocycles. The molecule has 0 aliphatic carbocycles. The third-order valence-corrected chi connectivity index (χ3v) is 4.01. The molecule has 0 saturated heterocycles. The van der Waals surface area contributed by atoms with E-state index in [1.165, 1.54) is 10.9 Å². The second-order valence-electron chi connectivity index (χ2n) is 4.57. The van der Waals surface area contributed by atoms with Crippen molar-refractivity contribution in [1.82, 2.24) is 9.55 Å². The van der Waals surface area contributed by atoms with Crippen LogP contribution in [0.4, 0.5) is 5.69 Å². The quantitative estimate of drug-likeness (QED) is 0.791. The average Bonchev–Trinajstić information content (AvgIpc) is 2.83. The van der Waals surface area contributed by atoms with Gasteiger partial charge in [-0.1, -0.05) is 0 Å². The molecule has 0 spiro atoms. The Morgan fingerprint density at radius 1 is 1.40 bits per heavy atom. The zero-order chi connectivity index (χ0) is 14.4. The highest BCUT2D eigenvalue weighted by Crippen LogP contribution is 2.12. The van der Waals surface area contributed by atoms with Crippen molar-refractivity contribution >= 4 is 17.0 Å². The fraction of sp³-hybridized carbons (Fsp3) is 0.429. The number of anilines is 1. The first-order valence-corrected chi connectivity index (χ1v) is 7.47. The van der Waals surface area contributed by atoms with E-state index in [0.29, 0.717) is 25.4 Å². The molecular weight excluding hydrogens is 274 g/mol. The van der Waals surface area contributed by atoms with Crippen LogP contribution in [0.25, 0.3) is 0 Å². The predicted octanol–water partition coefficient (Wildman–Crippen LogP) is 1.84. The fourth-order valence-electron chi connectivity index (χ4n) is 1.89. The van der Waals surface area contributed by atoms with Crippen LogP contribution in [0.3, 0.4) is 0 Å². The van der Waals surface area contributed by atoms with Crippen LogP contribution >= 0.6 is 11.3 Å². The van der Waals surface area contributed by atoms with Crippen LogP contribution in [0.5, 0.6) is 0 Å². The Kier molecular flexibility index (Phi) is 5.31. The van der Waals surface area contributed by atoms with E-state index in [9.17, 15) is 4.79 Å². The first-order chi connectivity index (χ1) is 9.66. The van der Waals surface area contributed by atoms with Crippen LogP contribution in [0.1, 0.15) is 17.0 Å². The molecule has 108 valence electrons. The van der Waals surface area contributed by atoms with Crippen molar-refractivity contribution in [3.8, 4) is 0 Å². The molecule has 2 N–H and O–H groups in total. The summed E-state index contributed by atoms with van der Waals surface area (Å²) in [4.78, 5) is 17.0. The first-order valence-electron chi connectivity index (χ1n) is 6.59. The molecular formula is C14H19N3O2S. The van der Waals surface area contributed by atoms with Crippen LogP contribution in [0.2, 0.25) is 0 Å². The summed E-state index contributed by atoms with van der Waals surface area (Å²) in [7, 11) is 0. The minimum Gasteiger partial charge on any atom is -0.398 e. The summed E-state index contributed by atoms with van der Waals surface area (Å²) >= 11 is 1.66. The summed E-state index contributed by atoms with van der Waals surface area (Å²) < 4.78 is 7.20. The van der Waals surface area contributed by atoms with Gasteiger partial charge in [0.15, 0.2) is 0 Å². The normalized spacial score (nSPS) is 10.8. The Morgan fingerprint density at radius 3 is 3.00 bits per heavy atom. The number of pyridine rings is 1. The Balaban J connectivity index is 1.66. The number of aryl methyl sites for hydroxylation is 2. The lowest BCUT2D eigenvalue weighted by atomic mass is 10.3. The molecule has 6 heteroatoms. The maximum atomic E-state index is 11.5. The van der Waals surface area contributed by atoms with Gasteiger partial charge in [0.2, 0.25) is 0 Å². The van der Waals surface area contributed by atoms with E-state index in [4.69, 9.17) is 10.5 Å². The fourth-order valence-corrected chi connectivity index (χ4v) is 2.66. The number of nitrogens with two attached hydrogens (primary N) is 1. The smallest absolute Gasteiger partial charge is 0.250 e. The topological polar surface area (TPSA) is 70.1 Å². The van der Waals surface area contributed by atoms with Crippen LogP contribution in [0.15, 0.2) is 28.6 Å². The van der Waals surface area contributed by atoms with Gasteiger partial charge < -0.3 is 15.0 Å². The number of rotatable bonds is 7. The van der Waals surface area contributed by atoms with Gasteiger partial charge >= 0.3 is 0 Å². The molecule has 2 rings (SSSR count). The molecule has 0 atom stereocenters. The van der Waals surface area contributed by atoms with Crippen molar-refractivity contribution < 1.29 is 4.74 Å². The molecule has 0 bridgehead atoms. The number of ether oxygens (including phenoxy) is 1. The minimum absolute atomic E-state index is 0.0283. The summed E-state index contributed by atoms with van der Waals surface area (Å²) in [5.41, 5.74) is 9.17. The van der Waals surface area contributed by atoms with E-state index < -0.39 is 0 Å². The number of thiazole rings is 1. The highest BCUT2D eigenvalue weighted by Gasteiger charge is 2.01. The van der Waals surface area contributed by atoms with E-state index in [-0.39, 0.29) is 5.56 Å². The van der Waals surface area contributed by atoms with Gasteiger partial charge in [0.25, 0.3) is 5.56 Å². The maximum Gasteiger partial charge on any atom is 0.250 e. The number of hydrogen-bond acceptors (Lipinski definition) is 5. The van der Waals surface area contributed by atoms with E-state index in [1.54, 1.807) is 28.2 Å². The summed E-state index contributed by atoms with van der Waals surface area (Å²) in [6.45, 7) is 3.97.